The minimum absolute atomic E-state index is 0.126. The fraction of sp³-hybridized carbons (Fsp3) is 0.447. The van der Waals surface area contributed by atoms with Gasteiger partial charge in [-0.2, -0.15) is 5.11 Å². The number of halogens is 2. The van der Waals surface area contributed by atoms with E-state index in [2.05, 4.69) is 30.6 Å². The van der Waals surface area contributed by atoms with Crippen LogP contribution < -0.4 is 10.1 Å². The average molecular weight is 762 g/mol. The summed E-state index contributed by atoms with van der Waals surface area (Å²) < 4.78 is 5.62. The molecule has 278 valence electrons. The first-order valence-corrected chi connectivity index (χ1v) is 18.7. The molecule has 2 aromatic carbocycles. The quantitative estimate of drug-likeness (QED) is 0.251. The number of piperidine rings is 1. The van der Waals surface area contributed by atoms with Gasteiger partial charge in [0.15, 0.2) is 0 Å². The van der Waals surface area contributed by atoms with Crippen molar-refractivity contribution in [2.45, 2.75) is 49.1 Å². The molecule has 15 heteroatoms. The number of nitrogens with zero attached hydrogens (tertiary/aromatic N) is 7. The van der Waals surface area contributed by atoms with Gasteiger partial charge >= 0.3 is 12.0 Å². The predicted molar refractivity (Wildman–Crippen MR) is 200 cm³/mol. The monoisotopic (exact) mass is 760 g/mol. The lowest BCUT2D eigenvalue weighted by atomic mass is 9.76. The van der Waals surface area contributed by atoms with Crippen molar-refractivity contribution in [2.75, 3.05) is 52.9 Å². The summed E-state index contributed by atoms with van der Waals surface area (Å²) in [5.41, 5.74) is 2.02. The van der Waals surface area contributed by atoms with Crippen molar-refractivity contribution in [1.29, 1.82) is 0 Å². The van der Waals surface area contributed by atoms with Gasteiger partial charge in [0.2, 0.25) is 0 Å². The Hall–Kier alpha value is -4.59. The van der Waals surface area contributed by atoms with Crippen LogP contribution in [-0.4, -0.2) is 102 Å². The van der Waals surface area contributed by atoms with Crippen LogP contribution in [0.5, 0.6) is 5.75 Å². The third kappa shape index (κ3) is 7.60. The number of benzene rings is 2. The van der Waals surface area contributed by atoms with E-state index in [0.717, 1.165) is 36.2 Å². The summed E-state index contributed by atoms with van der Waals surface area (Å²) >= 11 is 12.9. The standard InChI is InChI=1S/C38H42Cl2N8O5/c1-53-32-8-5-25(31-22-42-45-44-31)20-28(32)34(49)48-19-11-37(24-48,27-6-7-29(39)30(40)21-27)10-16-46-17-12-38(13-18-46,33-4-2-3-14-41-33)43-36(52)47-15-9-26(23-47)35(50)51/h2-8,14,20-22,26,31H,9-13,15-19,23-24H2,1H3,(H,43,52)(H,50,51). The number of rotatable bonds is 10. The van der Waals surface area contributed by atoms with E-state index in [1.54, 1.807) is 30.5 Å². The summed E-state index contributed by atoms with van der Waals surface area (Å²) in [4.78, 5) is 49.8. The highest BCUT2D eigenvalue weighted by atomic mass is 35.5. The number of methoxy groups -OCH3 is 1. The Labute approximate surface area is 318 Å². The largest absolute Gasteiger partial charge is 0.496 e. The molecular formula is C38H42Cl2N8O5. The molecule has 0 aliphatic carbocycles. The summed E-state index contributed by atoms with van der Waals surface area (Å²) in [6.45, 7) is 3.80. The van der Waals surface area contributed by atoms with Crippen molar-refractivity contribution in [2.24, 2.45) is 21.4 Å². The molecule has 5 heterocycles. The molecule has 53 heavy (non-hydrogen) atoms. The number of aliphatic carboxylic acids is 1. The van der Waals surface area contributed by atoms with Crippen molar-refractivity contribution < 1.29 is 24.2 Å². The van der Waals surface area contributed by atoms with E-state index in [4.69, 9.17) is 27.9 Å². The number of aromatic nitrogens is 1. The molecule has 7 rings (SSSR count). The number of nitrogens with one attached hydrogen (secondary N) is 1. The normalized spacial score (nSPS) is 23.8. The Morgan fingerprint density at radius 1 is 0.981 bits per heavy atom. The number of ether oxygens (including phenoxy) is 1. The Balaban J connectivity index is 1.08. The van der Waals surface area contributed by atoms with Gasteiger partial charge in [0.25, 0.3) is 5.91 Å². The summed E-state index contributed by atoms with van der Waals surface area (Å²) in [5.74, 6) is -1.07. The number of hydrogen-bond donors (Lipinski definition) is 2. The zero-order valence-electron chi connectivity index (χ0n) is 29.5. The number of carbonyl (C=O) groups is 3. The second kappa shape index (κ2) is 15.4. The van der Waals surface area contributed by atoms with Gasteiger partial charge in [0.1, 0.15) is 11.8 Å². The van der Waals surface area contributed by atoms with Crippen LogP contribution in [0.25, 0.3) is 0 Å². The maximum Gasteiger partial charge on any atom is 0.318 e. The summed E-state index contributed by atoms with van der Waals surface area (Å²) in [6.07, 6.45) is 6.59. The maximum atomic E-state index is 14.2. The number of likely N-dealkylation sites (tertiary alicyclic amines) is 3. The molecule has 0 bridgehead atoms. The smallest absolute Gasteiger partial charge is 0.318 e. The zero-order valence-corrected chi connectivity index (χ0v) is 31.0. The molecular weight excluding hydrogens is 719 g/mol. The molecule has 3 fully saturated rings. The molecule has 13 nitrogen and oxygen atoms in total. The number of amides is 3. The van der Waals surface area contributed by atoms with E-state index in [0.29, 0.717) is 73.3 Å². The van der Waals surface area contributed by atoms with E-state index in [1.165, 1.54) is 0 Å². The average Bonchev–Trinajstić information content (AvgIpc) is 3.98. The minimum Gasteiger partial charge on any atom is -0.496 e. The van der Waals surface area contributed by atoms with Crippen LogP contribution in [0.1, 0.15) is 65.3 Å². The summed E-state index contributed by atoms with van der Waals surface area (Å²) in [5, 5.41) is 25.4. The van der Waals surface area contributed by atoms with Crippen LogP contribution in [0.4, 0.5) is 4.79 Å². The molecule has 0 saturated carbocycles. The molecule has 4 aliphatic heterocycles. The molecule has 1 aromatic heterocycles. The number of carboxylic acid groups (broad SMARTS) is 1. The van der Waals surface area contributed by atoms with Gasteiger partial charge in [0, 0.05) is 50.9 Å². The second-order valence-corrected chi connectivity index (χ2v) is 15.2. The van der Waals surface area contributed by atoms with Gasteiger partial charge in [-0.25, -0.2) is 4.79 Å². The number of urea groups is 1. The van der Waals surface area contributed by atoms with Gasteiger partial charge in [-0.05, 0) is 91.4 Å². The van der Waals surface area contributed by atoms with E-state index in [-0.39, 0.29) is 29.9 Å². The number of carboxylic acids is 1. The predicted octanol–water partition coefficient (Wildman–Crippen LogP) is 6.17. The first kappa shape index (κ1) is 36.8. The third-order valence-electron chi connectivity index (χ3n) is 11.3. The molecule has 0 spiro atoms. The second-order valence-electron chi connectivity index (χ2n) is 14.3. The topological polar surface area (TPSA) is 152 Å². The number of pyridine rings is 1. The van der Waals surface area contributed by atoms with Crippen molar-refractivity contribution in [3.8, 4) is 5.75 Å². The van der Waals surface area contributed by atoms with Crippen molar-refractivity contribution in [3.05, 3.63) is 93.2 Å². The molecule has 3 amide bonds. The van der Waals surface area contributed by atoms with E-state index >= 15 is 0 Å². The maximum absolute atomic E-state index is 14.2. The van der Waals surface area contributed by atoms with Gasteiger partial charge < -0.3 is 29.9 Å². The van der Waals surface area contributed by atoms with E-state index < -0.39 is 17.4 Å². The molecule has 2 N–H and O–H groups in total. The lowest BCUT2D eigenvalue weighted by Crippen LogP contribution is -2.56. The van der Waals surface area contributed by atoms with E-state index in [9.17, 15) is 19.5 Å². The van der Waals surface area contributed by atoms with Crippen LogP contribution in [0.3, 0.4) is 0 Å². The Morgan fingerprint density at radius 3 is 2.49 bits per heavy atom. The molecule has 4 aliphatic rings. The highest BCUT2D eigenvalue weighted by molar-refractivity contribution is 6.42. The van der Waals surface area contributed by atoms with E-state index in [1.807, 2.05) is 53.4 Å². The molecule has 0 radical (unpaired) electrons. The Kier molecular flexibility index (Phi) is 10.7. The SMILES string of the molecule is COc1ccc(C2C=NN=N2)cc1C(=O)N1CCC(CCN2CCC(NC(=O)N3CCC(C(=O)O)C3)(c3ccccn3)CC2)(c2ccc(Cl)c(Cl)c2)C1. The van der Waals surface area contributed by atoms with Gasteiger partial charge in [-0.15, -0.1) is 5.10 Å². The zero-order chi connectivity index (χ0) is 37.2. The van der Waals surface area contributed by atoms with Crippen LogP contribution >= 0.6 is 23.2 Å². The van der Waals surface area contributed by atoms with Crippen LogP contribution in [0.15, 0.2) is 76.2 Å². The third-order valence-corrected chi connectivity index (χ3v) is 12.1. The van der Waals surface area contributed by atoms with Crippen molar-refractivity contribution in [1.82, 2.24) is 25.0 Å². The Morgan fingerprint density at radius 2 is 1.81 bits per heavy atom. The van der Waals surface area contributed by atoms with Crippen LogP contribution in [0, 0.1) is 5.92 Å². The minimum atomic E-state index is -0.877. The van der Waals surface area contributed by atoms with Crippen LogP contribution in [0.2, 0.25) is 10.0 Å². The molecule has 3 unspecified atom stereocenters. The highest BCUT2D eigenvalue weighted by Gasteiger charge is 2.45. The van der Waals surface area contributed by atoms with Gasteiger partial charge in [0.05, 0.1) is 46.1 Å². The number of carbonyl (C=O) groups excluding carboxylic acids is 2. The van der Waals surface area contributed by atoms with Crippen LogP contribution in [-0.2, 0) is 15.7 Å². The van der Waals surface area contributed by atoms with Crippen molar-refractivity contribution >= 4 is 47.3 Å². The Bertz CT molecular complexity index is 1910. The van der Waals surface area contributed by atoms with Gasteiger partial charge in [-0.3, -0.25) is 14.6 Å². The fourth-order valence-electron chi connectivity index (χ4n) is 8.12. The highest BCUT2D eigenvalue weighted by Crippen LogP contribution is 2.42. The number of hydrogen-bond acceptors (Lipinski definition) is 9. The lowest BCUT2D eigenvalue weighted by Gasteiger charge is -2.43. The molecule has 3 aromatic rings. The fourth-order valence-corrected chi connectivity index (χ4v) is 8.41. The lowest BCUT2D eigenvalue weighted by molar-refractivity contribution is -0.141. The summed E-state index contributed by atoms with van der Waals surface area (Å²) in [6, 6.07) is 16.3. The van der Waals surface area contributed by atoms with Crippen molar-refractivity contribution in [3.63, 3.8) is 0 Å². The first-order valence-electron chi connectivity index (χ1n) is 17.9. The first-order chi connectivity index (χ1) is 25.6. The van der Waals surface area contributed by atoms with Gasteiger partial charge in [-0.1, -0.05) is 41.4 Å². The summed E-state index contributed by atoms with van der Waals surface area (Å²) in [7, 11) is 1.56. The molecule has 3 atom stereocenters. The molecule has 3 saturated heterocycles.